The second kappa shape index (κ2) is 11.8. The highest BCUT2D eigenvalue weighted by Crippen LogP contribution is 2.28. The van der Waals surface area contributed by atoms with Crippen LogP contribution in [0.25, 0.3) is 11.0 Å². The van der Waals surface area contributed by atoms with Crippen molar-refractivity contribution in [1.29, 1.82) is 0 Å². The number of carboxylic acids is 1. The lowest BCUT2D eigenvalue weighted by Crippen LogP contribution is -2.13. The summed E-state index contributed by atoms with van der Waals surface area (Å²) in [5.74, 6) is -0.616. The van der Waals surface area contributed by atoms with E-state index in [1.807, 2.05) is 0 Å². The Morgan fingerprint density at radius 3 is 2.38 bits per heavy atom. The zero-order valence-corrected chi connectivity index (χ0v) is 18.7. The average Bonchev–Trinajstić information content (AvgIpc) is 2.84. The maximum absolute atomic E-state index is 12.3. The van der Waals surface area contributed by atoms with Gasteiger partial charge >= 0.3 is 5.97 Å². The summed E-state index contributed by atoms with van der Waals surface area (Å²) in [6, 6.07) is 11.1. The molecule has 8 nitrogen and oxygen atoms in total. The van der Waals surface area contributed by atoms with E-state index in [2.05, 4.69) is 6.58 Å². The van der Waals surface area contributed by atoms with E-state index in [-0.39, 0.29) is 17.9 Å². The van der Waals surface area contributed by atoms with Crippen molar-refractivity contribution >= 4 is 22.7 Å². The van der Waals surface area contributed by atoms with Crippen LogP contribution in [0.4, 0.5) is 0 Å². The first-order valence-electron chi connectivity index (χ1n) is 11.0. The Labute approximate surface area is 196 Å². The number of aromatic carboxylic acids is 1. The molecule has 0 fully saturated rings. The van der Waals surface area contributed by atoms with Gasteiger partial charge in [-0.25, -0.2) is 4.79 Å². The van der Waals surface area contributed by atoms with Gasteiger partial charge in [0.2, 0.25) is 5.76 Å². The second-order valence-electron chi connectivity index (χ2n) is 7.60. The molecule has 0 amide bonds. The number of unbranched alkanes of at least 4 members (excludes halogenated alkanes) is 2. The molecule has 0 bridgehead atoms. The Balaban J connectivity index is 1.53. The van der Waals surface area contributed by atoms with Crippen LogP contribution < -0.4 is 20.6 Å². The molecule has 0 unspecified atom stereocenters. The Morgan fingerprint density at radius 1 is 1.03 bits per heavy atom. The molecule has 8 heteroatoms. The number of rotatable bonds is 13. The maximum Gasteiger partial charge on any atom is 0.371 e. The third-order valence-electron chi connectivity index (χ3n) is 5.19. The van der Waals surface area contributed by atoms with Crippen molar-refractivity contribution in [2.24, 2.45) is 5.73 Å². The van der Waals surface area contributed by atoms with Crippen LogP contribution in [0, 0.1) is 0 Å². The SMILES string of the molecule is C=CCc1c(OCCCCCOc2ccc(C(=O)CN)cc2)ccc2c(=O)cc(C(=O)O)oc12. The van der Waals surface area contributed by atoms with Gasteiger partial charge < -0.3 is 24.7 Å². The van der Waals surface area contributed by atoms with Crippen molar-refractivity contribution < 1.29 is 28.6 Å². The molecule has 0 aliphatic rings. The van der Waals surface area contributed by atoms with Crippen LogP contribution in [0.15, 0.2) is 64.3 Å². The smallest absolute Gasteiger partial charge is 0.371 e. The number of ether oxygens (including phenoxy) is 2. The molecule has 3 N–H and O–H groups in total. The quantitative estimate of drug-likeness (QED) is 0.220. The van der Waals surface area contributed by atoms with E-state index in [4.69, 9.17) is 19.6 Å². The number of allylic oxidation sites excluding steroid dienone is 1. The largest absolute Gasteiger partial charge is 0.494 e. The fourth-order valence-electron chi connectivity index (χ4n) is 3.44. The van der Waals surface area contributed by atoms with Gasteiger partial charge in [0.15, 0.2) is 11.2 Å². The number of hydrogen-bond acceptors (Lipinski definition) is 7. The van der Waals surface area contributed by atoms with Crippen molar-refractivity contribution in [2.75, 3.05) is 19.8 Å². The number of fused-ring (bicyclic) bond motifs is 1. The minimum absolute atomic E-state index is 0.0195. The first-order valence-corrected chi connectivity index (χ1v) is 11.0. The van der Waals surface area contributed by atoms with E-state index >= 15 is 0 Å². The van der Waals surface area contributed by atoms with E-state index in [9.17, 15) is 19.5 Å². The maximum atomic E-state index is 12.3. The zero-order chi connectivity index (χ0) is 24.5. The molecule has 34 heavy (non-hydrogen) atoms. The van der Waals surface area contributed by atoms with Gasteiger partial charge in [0, 0.05) is 17.2 Å². The Hall–Kier alpha value is -3.91. The molecule has 0 saturated carbocycles. The van der Waals surface area contributed by atoms with Crippen molar-refractivity contribution in [3.8, 4) is 11.5 Å². The molecular formula is C26H27NO7. The minimum atomic E-state index is -1.31. The summed E-state index contributed by atoms with van der Waals surface area (Å²) < 4.78 is 17.1. The molecule has 0 radical (unpaired) electrons. The van der Waals surface area contributed by atoms with Crippen LogP contribution >= 0.6 is 0 Å². The van der Waals surface area contributed by atoms with Crippen LogP contribution in [0.2, 0.25) is 0 Å². The highest BCUT2D eigenvalue weighted by atomic mass is 16.5. The predicted molar refractivity (Wildman–Crippen MR) is 128 cm³/mol. The minimum Gasteiger partial charge on any atom is -0.494 e. The van der Waals surface area contributed by atoms with Crippen LogP contribution in [0.1, 0.15) is 45.7 Å². The molecule has 0 saturated heterocycles. The fourth-order valence-corrected chi connectivity index (χ4v) is 3.44. The standard InChI is InChI=1S/C26H27NO7/c1-2-6-20-23(12-11-19-21(28)15-24(26(30)31)34-25(19)20)33-14-5-3-4-13-32-18-9-7-17(8-10-18)22(29)16-27/h2,7-12,15H,1,3-6,13-14,16,27H2,(H,30,31). The number of carbonyl (C=O) groups is 2. The lowest BCUT2D eigenvalue weighted by molar-refractivity contribution is 0.0662. The summed E-state index contributed by atoms with van der Waals surface area (Å²) >= 11 is 0. The summed E-state index contributed by atoms with van der Waals surface area (Å²) in [5, 5.41) is 9.51. The average molecular weight is 466 g/mol. The third-order valence-corrected chi connectivity index (χ3v) is 5.19. The topological polar surface area (TPSA) is 129 Å². The molecule has 0 atom stereocenters. The Kier molecular flexibility index (Phi) is 8.59. The molecule has 0 aliphatic carbocycles. The van der Waals surface area contributed by atoms with Gasteiger partial charge in [0.1, 0.15) is 17.1 Å². The molecule has 178 valence electrons. The Morgan fingerprint density at radius 2 is 1.74 bits per heavy atom. The van der Waals surface area contributed by atoms with Gasteiger partial charge in [0.05, 0.1) is 25.1 Å². The van der Waals surface area contributed by atoms with Crippen molar-refractivity contribution in [2.45, 2.75) is 25.7 Å². The number of carboxylic acid groups (broad SMARTS) is 1. The van der Waals surface area contributed by atoms with Crippen LogP contribution in [-0.2, 0) is 6.42 Å². The zero-order valence-electron chi connectivity index (χ0n) is 18.7. The van der Waals surface area contributed by atoms with E-state index < -0.39 is 17.2 Å². The first kappa shape index (κ1) is 24.7. The van der Waals surface area contributed by atoms with Gasteiger partial charge in [-0.15, -0.1) is 6.58 Å². The summed E-state index contributed by atoms with van der Waals surface area (Å²) in [5.41, 5.74) is 6.29. The highest BCUT2D eigenvalue weighted by Gasteiger charge is 2.16. The predicted octanol–water partition coefficient (Wildman–Crippen LogP) is 3.99. The van der Waals surface area contributed by atoms with E-state index in [0.717, 1.165) is 25.3 Å². The van der Waals surface area contributed by atoms with Crippen LogP contribution in [0.3, 0.4) is 0 Å². The molecule has 3 rings (SSSR count). The monoisotopic (exact) mass is 465 g/mol. The normalized spacial score (nSPS) is 10.7. The third kappa shape index (κ3) is 6.11. The van der Waals surface area contributed by atoms with E-state index in [0.29, 0.717) is 47.6 Å². The van der Waals surface area contributed by atoms with Gasteiger partial charge in [-0.2, -0.15) is 0 Å². The Bertz CT molecular complexity index is 1230. The second-order valence-corrected chi connectivity index (χ2v) is 7.60. The molecular weight excluding hydrogens is 438 g/mol. The van der Waals surface area contributed by atoms with Gasteiger partial charge in [-0.1, -0.05) is 6.08 Å². The lowest BCUT2D eigenvalue weighted by Gasteiger charge is -2.13. The molecule has 0 aliphatic heterocycles. The van der Waals surface area contributed by atoms with Gasteiger partial charge in [-0.3, -0.25) is 9.59 Å². The van der Waals surface area contributed by atoms with Gasteiger partial charge in [0.25, 0.3) is 0 Å². The van der Waals surface area contributed by atoms with Crippen LogP contribution in [0.5, 0.6) is 11.5 Å². The van der Waals surface area contributed by atoms with Crippen molar-refractivity contribution in [1.82, 2.24) is 0 Å². The molecule has 0 spiro atoms. The van der Waals surface area contributed by atoms with Gasteiger partial charge in [-0.05, 0) is 62.1 Å². The summed E-state index contributed by atoms with van der Waals surface area (Å²) in [6.45, 7) is 4.68. The summed E-state index contributed by atoms with van der Waals surface area (Å²) in [7, 11) is 0. The van der Waals surface area contributed by atoms with Crippen molar-refractivity contribution in [3.05, 3.63) is 82.2 Å². The number of ketones is 1. The lowest BCUT2D eigenvalue weighted by atomic mass is 10.1. The molecule has 3 aromatic rings. The molecule has 1 aromatic heterocycles. The molecule has 1 heterocycles. The van der Waals surface area contributed by atoms with Crippen LogP contribution in [-0.4, -0.2) is 36.6 Å². The van der Waals surface area contributed by atoms with E-state index in [1.54, 1.807) is 42.5 Å². The highest BCUT2D eigenvalue weighted by molar-refractivity contribution is 5.97. The summed E-state index contributed by atoms with van der Waals surface area (Å²) in [6.07, 6.45) is 4.47. The first-order chi connectivity index (χ1) is 16.4. The summed E-state index contributed by atoms with van der Waals surface area (Å²) in [4.78, 5) is 35.1. The van der Waals surface area contributed by atoms with Crippen molar-refractivity contribution in [3.63, 3.8) is 0 Å². The number of carbonyl (C=O) groups excluding carboxylic acids is 1. The number of nitrogens with two attached hydrogens (primary N) is 1. The number of hydrogen-bond donors (Lipinski definition) is 2. The fraction of sp³-hybridized carbons (Fsp3) is 0.269. The molecule has 2 aromatic carbocycles. The van der Waals surface area contributed by atoms with E-state index in [1.165, 1.54) is 0 Å². The number of benzene rings is 2. The number of Topliss-reactive ketones (excluding diaryl/α,β-unsaturated/α-hetero) is 1.